The molecule has 0 spiro atoms. The molecule has 3 N–H and O–H groups in total. The van der Waals surface area contributed by atoms with E-state index in [1.807, 2.05) is 0 Å². The summed E-state index contributed by atoms with van der Waals surface area (Å²) >= 11 is 0. The first-order chi connectivity index (χ1) is 6.69. The molecule has 3 atom stereocenters. The van der Waals surface area contributed by atoms with Crippen molar-refractivity contribution >= 4 is 10.0 Å². The Balaban J connectivity index is 2.40. The average Bonchev–Trinajstić information content (AvgIpc) is 2.34. The highest BCUT2D eigenvalue weighted by atomic mass is 32.2. The maximum absolute atomic E-state index is 11.3. The van der Waals surface area contributed by atoms with E-state index < -0.39 is 21.5 Å². The Labute approximate surface area is 90.9 Å². The minimum Gasteiger partial charge on any atom is -0.392 e. The lowest BCUT2D eigenvalue weighted by molar-refractivity contribution is 0.0153. The molecule has 0 heterocycles. The lowest BCUT2D eigenvalue weighted by Crippen LogP contribution is -2.45. The van der Waals surface area contributed by atoms with Crippen LogP contribution in [0.4, 0.5) is 0 Å². The molecule has 2 rings (SSSR count). The number of hydrogen-bond donors (Lipinski definition) is 2. The number of nitrogens with two attached hydrogens (primary N) is 1. The van der Waals surface area contributed by atoms with Crippen LogP contribution in [-0.4, -0.2) is 25.4 Å². The summed E-state index contributed by atoms with van der Waals surface area (Å²) in [6, 6.07) is 0. The topological polar surface area (TPSA) is 80.4 Å². The van der Waals surface area contributed by atoms with Gasteiger partial charge in [0.25, 0.3) is 0 Å². The summed E-state index contributed by atoms with van der Waals surface area (Å²) in [6.45, 7) is 4.12. The normalized spacial score (nSPS) is 43.5. The van der Waals surface area contributed by atoms with Crippen molar-refractivity contribution in [1.29, 1.82) is 0 Å². The first-order valence-electron chi connectivity index (χ1n) is 5.38. The van der Waals surface area contributed by atoms with Gasteiger partial charge in [0, 0.05) is 5.41 Å². The third kappa shape index (κ3) is 1.44. The van der Waals surface area contributed by atoms with Gasteiger partial charge in [0.15, 0.2) is 0 Å². The molecule has 1 unspecified atom stereocenters. The standard InChI is InChI=1S/C10H19NO3S/c1-9(2)7-3-4-10(9,8(12)5-7)6-15(11,13)14/h7-8,12H,3-6H2,1-2H3,(H2,11,13,14)/t7-,8+,10?/m0/s1. The lowest BCUT2D eigenvalue weighted by Gasteiger charge is -2.39. The smallest absolute Gasteiger partial charge is 0.209 e. The fraction of sp³-hybridized carbons (Fsp3) is 1.00. The lowest BCUT2D eigenvalue weighted by atomic mass is 9.70. The molecule has 88 valence electrons. The Morgan fingerprint density at radius 2 is 2.07 bits per heavy atom. The molecule has 0 saturated heterocycles. The molecule has 0 aromatic rings. The van der Waals surface area contributed by atoms with Crippen LogP contribution in [0, 0.1) is 16.7 Å². The van der Waals surface area contributed by atoms with Crippen LogP contribution in [0.5, 0.6) is 0 Å². The third-order valence-corrected chi connectivity index (χ3v) is 5.76. The van der Waals surface area contributed by atoms with E-state index in [9.17, 15) is 13.5 Å². The second-order valence-corrected chi connectivity index (χ2v) is 7.29. The van der Waals surface area contributed by atoms with Crippen molar-refractivity contribution in [2.45, 2.75) is 39.2 Å². The molecule has 2 aliphatic carbocycles. The summed E-state index contributed by atoms with van der Waals surface area (Å²) in [5.41, 5.74) is -0.621. The number of hydrogen-bond acceptors (Lipinski definition) is 3. The molecule has 2 bridgehead atoms. The van der Waals surface area contributed by atoms with Crippen LogP contribution in [0.2, 0.25) is 0 Å². The van der Waals surface area contributed by atoms with Crippen molar-refractivity contribution < 1.29 is 13.5 Å². The highest BCUT2D eigenvalue weighted by Gasteiger charge is 2.64. The minimum atomic E-state index is -3.52. The van der Waals surface area contributed by atoms with E-state index in [4.69, 9.17) is 5.14 Å². The molecule has 4 nitrogen and oxygen atoms in total. The van der Waals surface area contributed by atoms with Crippen LogP contribution in [0.3, 0.4) is 0 Å². The molecule has 0 aliphatic heterocycles. The van der Waals surface area contributed by atoms with Crippen LogP contribution in [-0.2, 0) is 10.0 Å². The van der Waals surface area contributed by atoms with Crippen LogP contribution >= 0.6 is 0 Å². The van der Waals surface area contributed by atoms with Crippen LogP contribution in [0.1, 0.15) is 33.1 Å². The number of rotatable bonds is 2. The third-order valence-electron chi connectivity index (χ3n) is 4.85. The molecule has 2 saturated carbocycles. The maximum atomic E-state index is 11.3. The van der Waals surface area contributed by atoms with E-state index >= 15 is 0 Å². The van der Waals surface area contributed by atoms with Gasteiger partial charge >= 0.3 is 0 Å². The fourth-order valence-electron chi connectivity index (χ4n) is 3.74. The number of sulfonamides is 1. The zero-order valence-electron chi connectivity index (χ0n) is 9.23. The zero-order chi connectivity index (χ0) is 11.5. The number of aliphatic hydroxyl groups is 1. The van der Waals surface area contributed by atoms with Crippen molar-refractivity contribution in [1.82, 2.24) is 0 Å². The van der Waals surface area contributed by atoms with Gasteiger partial charge in [-0.3, -0.25) is 0 Å². The molecular weight excluding hydrogens is 214 g/mol. The highest BCUT2D eigenvalue weighted by Crippen LogP contribution is 2.65. The first-order valence-corrected chi connectivity index (χ1v) is 7.09. The molecule has 5 heteroatoms. The Morgan fingerprint density at radius 3 is 2.40 bits per heavy atom. The van der Waals surface area contributed by atoms with E-state index in [2.05, 4.69) is 13.8 Å². The monoisotopic (exact) mass is 233 g/mol. The van der Waals surface area contributed by atoms with E-state index in [-0.39, 0.29) is 11.2 Å². The van der Waals surface area contributed by atoms with Gasteiger partial charge in [0.1, 0.15) is 0 Å². The summed E-state index contributed by atoms with van der Waals surface area (Å²) < 4.78 is 22.5. The Kier molecular flexibility index (Phi) is 2.24. The number of primary sulfonamides is 1. The van der Waals surface area contributed by atoms with Gasteiger partial charge in [-0.05, 0) is 30.6 Å². The quantitative estimate of drug-likeness (QED) is 0.727. The number of aliphatic hydroxyl groups excluding tert-OH is 1. The maximum Gasteiger partial charge on any atom is 0.209 e. The van der Waals surface area contributed by atoms with Crippen LogP contribution < -0.4 is 5.14 Å². The largest absolute Gasteiger partial charge is 0.392 e. The Morgan fingerprint density at radius 1 is 1.47 bits per heavy atom. The van der Waals surface area contributed by atoms with Crippen LogP contribution in [0.25, 0.3) is 0 Å². The van der Waals surface area contributed by atoms with Crippen molar-refractivity contribution in [3.05, 3.63) is 0 Å². The molecule has 2 aliphatic rings. The van der Waals surface area contributed by atoms with E-state index in [1.165, 1.54) is 0 Å². The molecular formula is C10H19NO3S. The summed E-state index contributed by atoms with van der Waals surface area (Å²) in [4.78, 5) is 0. The van der Waals surface area contributed by atoms with Crippen molar-refractivity contribution in [3.63, 3.8) is 0 Å². The number of fused-ring (bicyclic) bond motifs is 2. The van der Waals surface area contributed by atoms with Gasteiger partial charge in [-0.2, -0.15) is 0 Å². The van der Waals surface area contributed by atoms with Gasteiger partial charge in [-0.15, -0.1) is 0 Å². The van der Waals surface area contributed by atoms with Gasteiger partial charge < -0.3 is 5.11 Å². The average molecular weight is 233 g/mol. The highest BCUT2D eigenvalue weighted by molar-refractivity contribution is 7.89. The molecule has 15 heavy (non-hydrogen) atoms. The van der Waals surface area contributed by atoms with E-state index in [0.717, 1.165) is 19.3 Å². The SMILES string of the molecule is CC1(C)[C@H]2CCC1(CS(N)(=O)=O)[C@H](O)C2. The van der Waals surface area contributed by atoms with Gasteiger partial charge in [-0.1, -0.05) is 13.8 Å². The Hall–Kier alpha value is -0.130. The molecule has 0 aromatic heterocycles. The predicted molar refractivity (Wildman–Crippen MR) is 57.5 cm³/mol. The minimum absolute atomic E-state index is 0.0787. The first kappa shape index (κ1) is 11.4. The summed E-state index contributed by atoms with van der Waals surface area (Å²) in [7, 11) is -3.52. The Bertz CT molecular complexity index is 376. The fourth-order valence-corrected chi connectivity index (χ4v) is 5.17. The zero-order valence-corrected chi connectivity index (χ0v) is 10.0. The van der Waals surface area contributed by atoms with E-state index in [1.54, 1.807) is 0 Å². The molecule has 0 amide bonds. The second-order valence-electron chi connectivity index (χ2n) is 5.67. The van der Waals surface area contributed by atoms with Crippen molar-refractivity contribution in [2.24, 2.45) is 21.9 Å². The van der Waals surface area contributed by atoms with E-state index in [0.29, 0.717) is 5.92 Å². The molecule has 0 radical (unpaired) electrons. The summed E-state index contributed by atoms with van der Waals surface area (Å²) in [5.74, 6) is 0.360. The van der Waals surface area contributed by atoms with Crippen molar-refractivity contribution in [2.75, 3.05) is 5.75 Å². The molecule has 0 aromatic carbocycles. The molecule has 2 fully saturated rings. The van der Waals surface area contributed by atoms with Crippen LogP contribution in [0.15, 0.2) is 0 Å². The summed E-state index contributed by atoms with van der Waals surface area (Å²) in [5, 5.41) is 15.2. The summed E-state index contributed by atoms with van der Waals surface area (Å²) in [6.07, 6.45) is 2.01. The van der Waals surface area contributed by atoms with Gasteiger partial charge in [0.05, 0.1) is 11.9 Å². The predicted octanol–water partition coefficient (Wildman–Crippen LogP) is 0.462. The van der Waals surface area contributed by atoms with Gasteiger partial charge in [0.2, 0.25) is 10.0 Å². The van der Waals surface area contributed by atoms with Gasteiger partial charge in [-0.25, -0.2) is 13.6 Å². The second kappa shape index (κ2) is 2.96. The van der Waals surface area contributed by atoms with Crippen molar-refractivity contribution in [3.8, 4) is 0 Å².